The Bertz CT molecular complexity index is 392. The number of unbranched alkanes of at least 4 members (excludes halogenated alkanes) is 17. The summed E-state index contributed by atoms with van der Waals surface area (Å²) < 4.78 is 5.84. The van der Waals surface area contributed by atoms with E-state index >= 15 is 0 Å². The van der Waals surface area contributed by atoms with Crippen LogP contribution >= 0.6 is 0 Å². The van der Waals surface area contributed by atoms with Crippen LogP contribution in [0.25, 0.3) is 0 Å². The molecule has 0 radical (unpaired) electrons. The van der Waals surface area contributed by atoms with Crippen molar-refractivity contribution >= 4 is 5.97 Å². The predicted molar refractivity (Wildman–Crippen MR) is 147 cm³/mol. The summed E-state index contributed by atoms with van der Waals surface area (Å²) >= 11 is 0. The maximum Gasteiger partial charge on any atom is 0.308 e. The number of carbonyl (C=O) groups excluding carboxylic acids is 1. The van der Waals surface area contributed by atoms with Crippen LogP contribution in [0.2, 0.25) is 0 Å². The summed E-state index contributed by atoms with van der Waals surface area (Å²) in [6, 6.07) is 0. The Morgan fingerprint density at radius 3 is 1.24 bits per heavy atom. The molecule has 0 heterocycles. The fourth-order valence-corrected chi connectivity index (χ4v) is 4.78. The van der Waals surface area contributed by atoms with Gasteiger partial charge in [-0.25, -0.2) is 0 Å². The Kier molecular flexibility index (Phi) is 25.7. The van der Waals surface area contributed by atoms with Crippen LogP contribution in [0.1, 0.15) is 175 Å². The summed E-state index contributed by atoms with van der Waals surface area (Å²) in [5.41, 5.74) is 0. The molecule has 0 saturated carbocycles. The van der Waals surface area contributed by atoms with Crippen molar-refractivity contribution in [3.8, 4) is 0 Å². The van der Waals surface area contributed by atoms with Gasteiger partial charge in [0, 0.05) is 0 Å². The van der Waals surface area contributed by atoms with Crippen molar-refractivity contribution in [1.29, 1.82) is 0 Å². The molecule has 0 aliphatic rings. The second-order valence-electron chi connectivity index (χ2n) is 10.8. The summed E-state index contributed by atoms with van der Waals surface area (Å²) in [5, 5.41) is 0. The van der Waals surface area contributed by atoms with Crippen LogP contribution in [0, 0.1) is 11.8 Å². The molecule has 2 nitrogen and oxygen atoms in total. The van der Waals surface area contributed by atoms with Gasteiger partial charge in [-0.15, -0.1) is 0 Å². The summed E-state index contributed by atoms with van der Waals surface area (Å²) in [7, 11) is 0. The first kappa shape index (κ1) is 32.5. The van der Waals surface area contributed by atoms with Crippen molar-refractivity contribution in [2.45, 2.75) is 175 Å². The van der Waals surface area contributed by atoms with Crippen LogP contribution < -0.4 is 0 Å². The second kappa shape index (κ2) is 26.1. The van der Waals surface area contributed by atoms with E-state index in [-0.39, 0.29) is 11.9 Å². The Morgan fingerprint density at radius 2 is 0.848 bits per heavy atom. The van der Waals surface area contributed by atoms with Crippen LogP contribution in [0.4, 0.5) is 0 Å². The molecule has 0 spiro atoms. The number of rotatable bonds is 26. The van der Waals surface area contributed by atoms with Crippen LogP contribution in [0.3, 0.4) is 0 Å². The monoisotopic (exact) mass is 466 g/mol. The first-order valence-electron chi connectivity index (χ1n) is 15.3. The minimum absolute atomic E-state index is 0.0495. The van der Waals surface area contributed by atoms with Crippen LogP contribution in [0.15, 0.2) is 0 Å². The summed E-state index contributed by atoms with van der Waals surface area (Å²) in [4.78, 5) is 12.6. The van der Waals surface area contributed by atoms with Gasteiger partial charge in [0.15, 0.2) is 0 Å². The Hall–Kier alpha value is -0.530. The van der Waals surface area contributed by atoms with E-state index in [0.717, 1.165) is 6.42 Å². The zero-order chi connectivity index (χ0) is 24.4. The zero-order valence-corrected chi connectivity index (χ0v) is 23.4. The zero-order valence-electron chi connectivity index (χ0n) is 23.4. The lowest BCUT2D eigenvalue weighted by atomic mass is 9.94. The van der Waals surface area contributed by atoms with E-state index in [0.29, 0.717) is 12.5 Å². The first-order chi connectivity index (χ1) is 16.2. The smallest absolute Gasteiger partial charge is 0.308 e. The van der Waals surface area contributed by atoms with Gasteiger partial charge in [0.1, 0.15) is 0 Å². The van der Waals surface area contributed by atoms with E-state index < -0.39 is 0 Å². The molecule has 0 aliphatic heterocycles. The van der Waals surface area contributed by atoms with Gasteiger partial charge in [0.2, 0.25) is 0 Å². The minimum Gasteiger partial charge on any atom is -0.465 e. The third kappa shape index (κ3) is 23.0. The molecule has 2 unspecified atom stereocenters. The third-order valence-electron chi connectivity index (χ3n) is 7.29. The summed E-state index contributed by atoms with van der Waals surface area (Å²) in [6.07, 6.45) is 30.2. The maximum atomic E-state index is 12.6. The highest BCUT2D eigenvalue weighted by Gasteiger charge is 2.17. The molecule has 198 valence electrons. The summed E-state index contributed by atoms with van der Waals surface area (Å²) in [6.45, 7) is 9.55. The van der Waals surface area contributed by atoms with Crippen LogP contribution in [-0.4, -0.2) is 12.6 Å². The van der Waals surface area contributed by atoms with Gasteiger partial charge in [-0.1, -0.05) is 156 Å². The van der Waals surface area contributed by atoms with E-state index in [9.17, 15) is 4.79 Å². The molecule has 0 fully saturated rings. The molecule has 33 heavy (non-hydrogen) atoms. The lowest BCUT2D eigenvalue weighted by Crippen LogP contribution is -2.20. The van der Waals surface area contributed by atoms with Crippen molar-refractivity contribution in [3.05, 3.63) is 0 Å². The lowest BCUT2D eigenvalue weighted by Gasteiger charge is -2.19. The van der Waals surface area contributed by atoms with Crippen LogP contribution in [0.5, 0.6) is 0 Å². The predicted octanol–water partition coefficient (Wildman–Crippen LogP) is 10.8. The highest BCUT2D eigenvalue weighted by Crippen LogP contribution is 2.21. The van der Waals surface area contributed by atoms with Gasteiger partial charge in [0.05, 0.1) is 12.5 Å². The SMILES string of the molecule is CCCCCCCCCC(CCCCCCCC)COC(=O)C(C)CCCCCCCCC. The molecule has 0 aromatic rings. The quantitative estimate of drug-likeness (QED) is 0.0935. The fourth-order valence-electron chi connectivity index (χ4n) is 4.78. The van der Waals surface area contributed by atoms with Gasteiger partial charge in [-0.05, 0) is 25.2 Å². The van der Waals surface area contributed by atoms with Crippen molar-refractivity contribution in [1.82, 2.24) is 0 Å². The first-order valence-corrected chi connectivity index (χ1v) is 15.3. The van der Waals surface area contributed by atoms with E-state index in [1.165, 1.54) is 141 Å². The number of esters is 1. The van der Waals surface area contributed by atoms with Gasteiger partial charge < -0.3 is 4.74 Å². The van der Waals surface area contributed by atoms with E-state index in [1.807, 2.05) is 0 Å². The van der Waals surface area contributed by atoms with Gasteiger partial charge >= 0.3 is 5.97 Å². The topological polar surface area (TPSA) is 26.3 Å². The molecule has 0 aliphatic carbocycles. The Labute approximate surface area is 209 Å². The largest absolute Gasteiger partial charge is 0.465 e. The van der Waals surface area contributed by atoms with Crippen molar-refractivity contribution in [2.75, 3.05) is 6.61 Å². The van der Waals surface area contributed by atoms with Crippen molar-refractivity contribution in [2.24, 2.45) is 11.8 Å². The molecule has 0 saturated heterocycles. The molecular formula is C31H62O2. The van der Waals surface area contributed by atoms with Crippen LogP contribution in [-0.2, 0) is 9.53 Å². The van der Waals surface area contributed by atoms with Crippen molar-refractivity contribution < 1.29 is 9.53 Å². The maximum absolute atomic E-state index is 12.6. The number of carbonyl (C=O) groups is 1. The number of hydrogen-bond acceptors (Lipinski definition) is 2. The number of hydrogen-bond donors (Lipinski definition) is 0. The molecule has 0 aromatic heterocycles. The highest BCUT2D eigenvalue weighted by molar-refractivity contribution is 5.71. The summed E-state index contributed by atoms with van der Waals surface area (Å²) in [5.74, 6) is 0.684. The Balaban J connectivity index is 4.11. The van der Waals surface area contributed by atoms with E-state index in [4.69, 9.17) is 4.74 Å². The minimum atomic E-state index is 0.0495. The van der Waals surface area contributed by atoms with E-state index in [2.05, 4.69) is 27.7 Å². The molecule has 0 bridgehead atoms. The lowest BCUT2D eigenvalue weighted by molar-refractivity contribution is -0.149. The average molecular weight is 467 g/mol. The molecule has 2 atom stereocenters. The fraction of sp³-hybridized carbons (Fsp3) is 0.968. The Morgan fingerprint density at radius 1 is 0.515 bits per heavy atom. The molecule has 0 aromatic carbocycles. The molecule has 0 rings (SSSR count). The van der Waals surface area contributed by atoms with Gasteiger partial charge in [0.25, 0.3) is 0 Å². The standard InChI is InChI=1S/C31H62O2/c1-5-8-11-14-17-19-22-25-29(4)31(32)33-28-30(26-23-20-16-13-10-7-3)27-24-21-18-15-12-9-6-2/h29-30H,5-28H2,1-4H3. The molecule has 0 amide bonds. The van der Waals surface area contributed by atoms with Crippen molar-refractivity contribution in [3.63, 3.8) is 0 Å². The normalized spacial score (nSPS) is 13.2. The second-order valence-corrected chi connectivity index (χ2v) is 10.8. The van der Waals surface area contributed by atoms with Gasteiger partial charge in [-0.3, -0.25) is 4.79 Å². The highest BCUT2D eigenvalue weighted by atomic mass is 16.5. The number of ether oxygens (including phenoxy) is 1. The molecule has 0 N–H and O–H groups in total. The third-order valence-corrected chi connectivity index (χ3v) is 7.29. The van der Waals surface area contributed by atoms with Gasteiger partial charge in [-0.2, -0.15) is 0 Å². The average Bonchev–Trinajstić information content (AvgIpc) is 2.82. The van der Waals surface area contributed by atoms with E-state index in [1.54, 1.807) is 0 Å². The molecule has 2 heteroatoms. The molecular weight excluding hydrogens is 404 g/mol.